The van der Waals surface area contributed by atoms with Crippen LogP contribution < -0.4 is 5.46 Å². The standard InChI is InChI=1S/C20H24BN3O2/c1-13-8-7-9-17(14(13)2)24-18-12-22-11-16(15(18)10-23-24)21-25-19(3,4)20(5,6)26-21/h7-12H,1-6H3. The molecule has 1 fully saturated rings. The number of hydrogen-bond acceptors (Lipinski definition) is 4. The predicted molar refractivity (Wildman–Crippen MR) is 104 cm³/mol. The molecule has 0 aliphatic carbocycles. The molecule has 0 amide bonds. The molecule has 0 saturated carbocycles. The summed E-state index contributed by atoms with van der Waals surface area (Å²) in [6.45, 7) is 12.4. The Morgan fingerprint density at radius 2 is 1.65 bits per heavy atom. The van der Waals surface area contributed by atoms with E-state index in [9.17, 15) is 0 Å². The number of fused-ring (bicyclic) bond motifs is 1. The molecule has 3 aromatic rings. The van der Waals surface area contributed by atoms with Crippen LogP contribution in [0.15, 0.2) is 36.8 Å². The van der Waals surface area contributed by atoms with Crippen molar-refractivity contribution in [2.75, 3.05) is 0 Å². The summed E-state index contributed by atoms with van der Waals surface area (Å²) in [7, 11) is -0.451. The van der Waals surface area contributed by atoms with E-state index in [1.54, 1.807) is 0 Å². The van der Waals surface area contributed by atoms with E-state index in [2.05, 4.69) is 69.8 Å². The van der Waals surface area contributed by atoms with Crippen LogP contribution in [0.5, 0.6) is 0 Å². The molecule has 0 spiro atoms. The van der Waals surface area contributed by atoms with Crippen LogP contribution in [-0.2, 0) is 9.31 Å². The Morgan fingerprint density at radius 1 is 0.962 bits per heavy atom. The van der Waals surface area contributed by atoms with Crippen LogP contribution in [-0.4, -0.2) is 33.1 Å². The third kappa shape index (κ3) is 2.48. The minimum absolute atomic E-state index is 0.386. The van der Waals surface area contributed by atoms with E-state index < -0.39 is 7.12 Å². The first-order chi connectivity index (χ1) is 12.2. The third-order valence-electron chi connectivity index (χ3n) is 5.84. The Morgan fingerprint density at radius 3 is 2.35 bits per heavy atom. The van der Waals surface area contributed by atoms with E-state index >= 15 is 0 Å². The van der Waals surface area contributed by atoms with E-state index in [1.807, 2.05) is 23.3 Å². The van der Waals surface area contributed by atoms with Gasteiger partial charge in [0.25, 0.3) is 0 Å². The first-order valence-electron chi connectivity index (χ1n) is 8.95. The van der Waals surface area contributed by atoms with Gasteiger partial charge in [-0.3, -0.25) is 4.98 Å². The van der Waals surface area contributed by atoms with E-state index in [0.717, 1.165) is 22.1 Å². The second kappa shape index (κ2) is 5.66. The Balaban J connectivity index is 1.83. The average Bonchev–Trinajstić information content (AvgIpc) is 3.08. The van der Waals surface area contributed by atoms with Gasteiger partial charge < -0.3 is 9.31 Å². The van der Waals surface area contributed by atoms with Crippen molar-refractivity contribution in [2.24, 2.45) is 0 Å². The van der Waals surface area contributed by atoms with Crippen molar-refractivity contribution >= 4 is 23.5 Å². The lowest BCUT2D eigenvalue weighted by Gasteiger charge is -2.32. The van der Waals surface area contributed by atoms with Crippen molar-refractivity contribution in [1.82, 2.24) is 14.8 Å². The van der Waals surface area contributed by atoms with Crippen LogP contribution in [0.1, 0.15) is 38.8 Å². The molecule has 6 heteroatoms. The van der Waals surface area contributed by atoms with Crippen LogP contribution in [0, 0.1) is 13.8 Å². The largest absolute Gasteiger partial charge is 0.497 e. The lowest BCUT2D eigenvalue weighted by Crippen LogP contribution is -2.41. The summed E-state index contributed by atoms with van der Waals surface area (Å²) in [6.07, 6.45) is 5.54. The van der Waals surface area contributed by atoms with Crippen LogP contribution >= 0.6 is 0 Å². The van der Waals surface area contributed by atoms with Gasteiger partial charge >= 0.3 is 7.12 Å². The molecule has 0 N–H and O–H groups in total. The summed E-state index contributed by atoms with van der Waals surface area (Å²) < 4.78 is 14.4. The first-order valence-corrected chi connectivity index (χ1v) is 8.95. The van der Waals surface area contributed by atoms with Crippen LogP contribution in [0.2, 0.25) is 0 Å². The van der Waals surface area contributed by atoms with Gasteiger partial charge in [-0.05, 0) is 58.7 Å². The van der Waals surface area contributed by atoms with Crippen molar-refractivity contribution < 1.29 is 9.31 Å². The maximum atomic E-state index is 6.22. The third-order valence-corrected chi connectivity index (χ3v) is 5.84. The molecule has 0 atom stereocenters. The lowest BCUT2D eigenvalue weighted by molar-refractivity contribution is 0.00578. The van der Waals surface area contributed by atoms with E-state index in [0.29, 0.717) is 0 Å². The molecule has 1 aliphatic rings. The van der Waals surface area contributed by atoms with Gasteiger partial charge in [0.1, 0.15) is 0 Å². The molecule has 0 radical (unpaired) electrons. The number of pyridine rings is 1. The number of rotatable bonds is 2. The molecule has 1 aliphatic heterocycles. The van der Waals surface area contributed by atoms with Gasteiger partial charge in [-0.15, -0.1) is 0 Å². The van der Waals surface area contributed by atoms with Crippen LogP contribution in [0.25, 0.3) is 16.6 Å². The lowest BCUT2D eigenvalue weighted by atomic mass is 9.78. The summed E-state index contributed by atoms with van der Waals surface area (Å²) in [5, 5.41) is 5.64. The zero-order valence-corrected chi connectivity index (χ0v) is 16.2. The van der Waals surface area contributed by atoms with Crippen LogP contribution in [0.4, 0.5) is 0 Å². The van der Waals surface area contributed by atoms with Crippen molar-refractivity contribution in [1.29, 1.82) is 0 Å². The summed E-state index contributed by atoms with van der Waals surface area (Å²) in [4.78, 5) is 4.44. The zero-order valence-electron chi connectivity index (χ0n) is 16.2. The zero-order chi connectivity index (χ0) is 18.7. The normalized spacial score (nSPS) is 18.6. The highest BCUT2D eigenvalue weighted by Gasteiger charge is 2.52. The number of hydrogen-bond donors (Lipinski definition) is 0. The fourth-order valence-corrected chi connectivity index (χ4v) is 3.28. The Bertz CT molecular complexity index is 978. The van der Waals surface area contributed by atoms with Gasteiger partial charge in [-0.1, -0.05) is 12.1 Å². The van der Waals surface area contributed by atoms with Crippen molar-refractivity contribution in [3.8, 4) is 5.69 Å². The van der Waals surface area contributed by atoms with Crippen molar-refractivity contribution in [3.63, 3.8) is 0 Å². The van der Waals surface area contributed by atoms with Crippen molar-refractivity contribution in [2.45, 2.75) is 52.7 Å². The monoisotopic (exact) mass is 349 g/mol. The van der Waals surface area contributed by atoms with Gasteiger partial charge in [-0.25, -0.2) is 4.68 Å². The molecule has 5 nitrogen and oxygen atoms in total. The minimum Gasteiger partial charge on any atom is -0.399 e. The van der Waals surface area contributed by atoms with E-state index in [1.165, 1.54) is 11.1 Å². The van der Waals surface area contributed by atoms with E-state index in [-0.39, 0.29) is 11.2 Å². The molecular formula is C20H24BN3O2. The fraction of sp³-hybridized carbons (Fsp3) is 0.400. The second-order valence-corrected chi connectivity index (χ2v) is 8.03. The predicted octanol–water partition coefficient (Wildman–Crippen LogP) is 3.34. The first kappa shape index (κ1) is 17.2. The van der Waals surface area contributed by atoms with Crippen LogP contribution in [0.3, 0.4) is 0 Å². The fourth-order valence-electron chi connectivity index (χ4n) is 3.28. The summed E-state index contributed by atoms with van der Waals surface area (Å²) in [5.41, 5.74) is 4.60. The molecule has 0 unspecified atom stereocenters. The molecule has 1 saturated heterocycles. The van der Waals surface area contributed by atoms with Crippen molar-refractivity contribution in [3.05, 3.63) is 47.9 Å². The van der Waals surface area contributed by atoms with Gasteiger partial charge in [0.05, 0.1) is 34.8 Å². The minimum atomic E-state index is -0.451. The molecule has 3 heterocycles. The van der Waals surface area contributed by atoms with Gasteiger partial charge in [0, 0.05) is 17.0 Å². The average molecular weight is 349 g/mol. The van der Waals surface area contributed by atoms with E-state index in [4.69, 9.17) is 9.31 Å². The molecular weight excluding hydrogens is 325 g/mol. The quantitative estimate of drug-likeness (QED) is 0.666. The highest BCUT2D eigenvalue weighted by molar-refractivity contribution is 6.65. The summed E-state index contributed by atoms with van der Waals surface area (Å²) in [6, 6.07) is 6.24. The number of benzene rings is 1. The highest BCUT2D eigenvalue weighted by atomic mass is 16.7. The van der Waals surface area contributed by atoms with Gasteiger partial charge in [-0.2, -0.15) is 5.10 Å². The Labute approximate surface area is 154 Å². The molecule has 4 rings (SSSR count). The smallest absolute Gasteiger partial charge is 0.399 e. The molecule has 0 bridgehead atoms. The molecule has 1 aromatic carbocycles. The Hall–Kier alpha value is -2.18. The molecule has 134 valence electrons. The maximum Gasteiger partial charge on any atom is 0.497 e. The number of aryl methyl sites for hydroxylation is 1. The maximum absolute atomic E-state index is 6.22. The Kier molecular flexibility index (Phi) is 3.76. The molecule has 26 heavy (non-hydrogen) atoms. The summed E-state index contributed by atoms with van der Waals surface area (Å²) in [5.74, 6) is 0. The van der Waals surface area contributed by atoms with Gasteiger partial charge in [0.2, 0.25) is 0 Å². The topological polar surface area (TPSA) is 49.2 Å². The van der Waals surface area contributed by atoms with Gasteiger partial charge in [0.15, 0.2) is 0 Å². The number of nitrogens with zero attached hydrogens (tertiary/aromatic N) is 3. The summed E-state index contributed by atoms with van der Waals surface area (Å²) >= 11 is 0. The second-order valence-electron chi connectivity index (χ2n) is 8.03. The SMILES string of the molecule is Cc1cccc(-n2ncc3c(B4OC(C)(C)C(C)(C)O4)cncc32)c1C. The molecule has 2 aromatic heterocycles. The number of aromatic nitrogens is 3. The highest BCUT2D eigenvalue weighted by Crippen LogP contribution is 2.37.